The Kier molecular flexibility index (Phi) is 5.07. The van der Waals surface area contributed by atoms with Gasteiger partial charge in [-0.2, -0.15) is 13.2 Å². The molecule has 0 spiro atoms. The molecule has 1 aliphatic heterocycles. The highest BCUT2D eigenvalue weighted by Gasteiger charge is 2.37. The van der Waals surface area contributed by atoms with Gasteiger partial charge in [0.05, 0.1) is 22.5 Å². The number of benzene rings is 2. The second kappa shape index (κ2) is 7.51. The molecule has 3 aromatic rings. The highest BCUT2D eigenvalue weighted by molar-refractivity contribution is 6.13. The molecule has 0 fully saturated rings. The second-order valence-electron chi connectivity index (χ2n) is 7.66. The molecule has 0 atom stereocenters. The van der Waals surface area contributed by atoms with Crippen LogP contribution >= 0.6 is 0 Å². The van der Waals surface area contributed by atoms with Crippen molar-refractivity contribution in [3.8, 4) is 0 Å². The number of rotatable bonds is 2. The Morgan fingerprint density at radius 3 is 2.16 bits per heavy atom. The van der Waals surface area contributed by atoms with Gasteiger partial charge in [-0.05, 0) is 61.9 Å². The number of carbonyl (C=O) groups is 1. The molecule has 0 aliphatic carbocycles. The van der Waals surface area contributed by atoms with E-state index in [-0.39, 0.29) is 23.5 Å². The van der Waals surface area contributed by atoms with Gasteiger partial charge in [-0.15, -0.1) is 0 Å². The molecule has 0 radical (unpaired) electrons. The van der Waals surface area contributed by atoms with Gasteiger partial charge in [0.25, 0.3) is 11.5 Å². The molecule has 0 N–H and O–H groups in total. The molecule has 1 aromatic heterocycles. The molecule has 166 valence electrons. The number of halogens is 4. The van der Waals surface area contributed by atoms with Crippen molar-refractivity contribution in [3.05, 3.63) is 87.1 Å². The third-order valence-corrected chi connectivity index (χ3v) is 5.70. The smallest absolute Gasteiger partial charge is 0.322 e. The Hall–Kier alpha value is -3.62. The van der Waals surface area contributed by atoms with Crippen LogP contribution in [-0.2, 0) is 13.2 Å². The maximum atomic E-state index is 13.7. The van der Waals surface area contributed by atoms with Gasteiger partial charge < -0.3 is 9.47 Å². The Labute approximate surface area is 181 Å². The first-order chi connectivity index (χ1) is 15.0. The molecule has 0 saturated heterocycles. The molecule has 0 saturated carbocycles. The summed E-state index contributed by atoms with van der Waals surface area (Å²) in [4.78, 5) is 28.3. The zero-order valence-corrected chi connectivity index (χ0v) is 17.5. The average molecular weight is 445 g/mol. The Balaban J connectivity index is 1.94. The van der Waals surface area contributed by atoms with Gasteiger partial charge >= 0.3 is 6.18 Å². The van der Waals surface area contributed by atoms with Gasteiger partial charge in [0.2, 0.25) is 0 Å². The van der Waals surface area contributed by atoms with E-state index >= 15 is 0 Å². The lowest BCUT2D eigenvalue weighted by Gasteiger charge is -2.39. The molecule has 0 bridgehead atoms. The summed E-state index contributed by atoms with van der Waals surface area (Å²) in [5.74, 6) is -1.07. The second-order valence-corrected chi connectivity index (χ2v) is 7.66. The lowest BCUT2D eigenvalue weighted by Crippen LogP contribution is -2.46. The Morgan fingerprint density at radius 1 is 0.844 bits per heavy atom. The summed E-state index contributed by atoms with van der Waals surface area (Å²) >= 11 is 0. The fraction of sp³-hybridized carbons (Fsp3) is 0.217. The molecule has 1 aliphatic rings. The van der Waals surface area contributed by atoms with Crippen molar-refractivity contribution in [1.82, 2.24) is 4.57 Å². The molecule has 2 aromatic carbocycles. The topological polar surface area (TPSA) is 45.5 Å². The lowest BCUT2D eigenvalue weighted by molar-refractivity contribution is -0.137. The minimum Gasteiger partial charge on any atom is -0.322 e. The molecule has 5 nitrogen and oxygen atoms in total. The third-order valence-electron chi connectivity index (χ3n) is 5.70. The van der Waals surface area contributed by atoms with E-state index in [1.165, 1.54) is 45.9 Å². The van der Waals surface area contributed by atoms with Crippen LogP contribution in [0.4, 0.5) is 34.6 Å². The minimum atomic E-state index is -4.62. The van der Waals surface area contributed by atoms with Crippen molar-refractivity contribution in [2.75, 3.05) is 16.5 Å². The number of nitrogens with zero attached hydrogens (tertiary/aromatic N) is 3. The van der Waals surface area contributed by atoms with Crippen molar-refractivity contribution in [3.63, 3.8) is 0 Å². The predicted molar refractivity (Wildman–Crippen MR) is 113 cm³/mol. The fourth-order valence-electron chi connectivity index (χ4n) is 3.86. The van der Waals surface area contributed by atoms with Crippen molar-refractivity contribution in [1.29, 1.82) is 0 Å². The SMILES string of the molecule is Cc1cc(F)ccc1N1CN(c2ccc(=O)n(C)c2C)C(=O)c2cc(C(F)(F)F)ccc21. The number of carbonyl (C=O) groups excluding carboxylic acids is 1. The minimum absolute atomic E-state index is 0.0251. The Bertz CT molecular complexity index is 1300. The average Bonchev–Trinajstić information content (AvgIpc) is 2.73. The normalized spacial score (nSPS) is 14.0. The Morgan fingerprint density at radius 2 is 1.50 bits per heavy atom. The molecule has 9 heteroatoms. The van der Waals surface area contributed by atoms with Gasteiger partial charge in [0, 0.05) is 24.5 Å². The predicted octanol–water partition coefficient (Wildman–Crippen LogP) is 4.92. The van der Waals surface area contributed by atoms with Crippen LogP contribution in [0.25, 0.3) is 0 Å². The van der Waals surface area contributed by atoms with E-state index in [9.17, 15) is 27.2 Å². The van der Waals surface area contributed by atoms with Crippen LogP contribution in [0.3, 0.4) is 0 Å². The highest BCUT2D eigenvalue weighted by Crippen LogP contribution is 2.40. The first-order valence-electron chi connectivity index (χ1n) is 9.72. The van der Waals surface area contributed by atoms with Crippen molar-refractivity contribution in [2.45, 2.75) is 20.0 Å². The van der Waals surface area contributed by atoms with E-state index in [1.807, 2.05) is 0 Å². The van der Waals surface area contributed by atoms with Gasteiger partial charge in [0.1, 0.15) is 12.5 Å². The van der Waals surface area contributed by atoms with Crippen molar-refractivity contribution >= 4 is 23.0 Å². The fourth-order valence-corrected chi connectivity index (χ4v) is 3.86. The van der Waals surface area contributed by atoms with Crippen LogP contribution in [0, 0.1) is 19.7 Å². The summed E-state index contributed by atoms with van der Waals surface area (Å²) < 4.78 is 55.2. The summed E-state index contributed by atoms with van der Waals surface area (Å²) in [5.41, 5.74) is 0.914. The van der Waals surface area contributed by atoms with Gasteiger partial charge in [-0.1, -0.05) is 0 Å². The summed E-state index contributed by atoms with van der Waals surface area (Å²) in [5, 5.41) is 0. The molecule has 0 unspecified atom stereocenters. The van der Waals surface area contributed by atoms with Crippen molar-refractivity contribution in [2.24, 2.45) is 7.05 Å². The third kappa shape index (κ3) is 3.53. The molecule has 1 amide bonds. The maximum Gasteiger partial charge on any atom is 0.416 e. The first kappa shape index (κ1) is 21.6. The van der Waals surface area contributed by atoms with E-state index in [0.29, 0.717) is 22.6 Å². The summed E-state index contributed by atoms with van der Waals surface area (Å²) in [6.07, 6.45) is -4.62. The summed E-state index contributed by atoms with van der Waals surface area (Å²) in [6, 6.07) is 9.87. The zero-order chi connectivity index (χ0) is 23.4. The van der Waals surface area contributed by atoms with Crippen molar-refractivity contribution < 1.29 is 22.4 Å². The number of aryl methyl sites for hydroxylation is 1. The molecule has 32 heavy (non-hydrogen) atoms. The quantitative estimate of drug-likeness (QED) is 0.527. The zero-order valence-electron chi connectivity index (χ0n) is 17.5. The first-order valence-corrected chi connectivity index (χ1v) is 9.72. The van der Waals surface area contributed by atoms with Crippen LogP contribution in [-0.4, -0.2) is 17.1 Å². The van der Waals surface area contributed by atoms with Crippen LogP contribution in [0.1, 0.15) is 27.2 Å². The summed E-state index contributed by atoms with van der Waals surface area (Å²) in [6.45, 7) is 3.31. The molecular formula is C23H19F4N3O2. The standard InChI is InChI=1S/C23H19F4N3O2/c1-13-10-16(24)5-7-18(13)29-12-30(19-8-9-21(31)28(3)14(19)2)22(32)17-11-15(23(25,26)27)4-6-20(17)29/h4-11H,12H2,1-3H3. The maximum absolute atomic E-state index is 13.7. The number of aromatic nitrogens is 1. The van der Waals surface area contributed by atoms with Crippen LogP contribution < -0.4 is 15.4 Å². The number of pyridine rings is 1. The highest BCUT2D eigenvalue weighted by atomic mass is 19.4. The van der Waals surface area contributed by atoms with Gasteiger partial charge in [-0.3, -0.25) is 14.5 Å². The van der Waals surface area contributed by atoms with E-state index in [4.69, 9.17) is 0 Å². The van der Waals surface area contributed by atoms with Crippen LogP contribution in [0.5, 0.6) is 0 Å². The van der Waals surface area contributed by atoms with Crippen LogP contribution in [0.15, 0.2) is 53.3 Å². The number of alkyl halides is 3. The number of fused-ring (bicyclic) bond motifs is 1. The molecule has 4 rings (SSSR count). The summed E-state index contributed by atoms with van der Waals surface area (Å²) in [7, 11) is 1.55. The lowest BCUT2D eigenvalue weighted by atomic mass is 10.0. The number of hydrogen-bond acceptors (Lipinski definition) is 3. The number of amides is 1. The van der Waals surface area contributed by atoms with Crippen LogP contribution in [0.2, 0.25) is 0 Å². The van der Waals surface area contributed by atoms with Gasteiger partial charge in [-0.25, -0.2) is 4.39 Å². The number of anilines is 3. The number of hydrogen-bond donors (Lipinski definition) is 0. The van der Waals surface area contributed by atoms with E-state index < -0.39 is 23.5 Å². The largest absolute Gasteiger partial charge is 0.416 e. The van der Waals surface area contributed by atoms with Gasteiger partial charge in [0.15, 0.2) is 0 Å². The molecular weight excluding hydrogens is 426 g/mol. The molecule has 2 heterocycles. The monoisotopic (exact) mass is 445 g/mol. The van der Waals surface area contributed by atoms with E-state index in [1.54, 1.807) is 25.8 Å². The van der Waals surface area contributed by atoms with E-state index in [0.717, 1.165) is 12.1 Å². The van der Waals surface area contributed by atoms with E-state index in [2.05, 4.69) is 0 Å².